The van der Waals surface area contributed by atoms with Crippen molar-refractivity contribution in [2.75, 3.05) is 0 Å². The van der Waals surface area contributed by atoms with Crippen LogP contribution in [0.5, 0.6) is 0 Å². The van der Waals surface area contributed by atoms with Gasteiger partial charge in [0.05, 0.1) is 0 Å². The first kappa shape index (κ1) is 15.3. The quantitative estimate of drug-likeness (QED) is 0.571. The highest BCUT2D eigenvalue weighted by Crippen LogP contribution is 2.46. The van der Waals surface area contributed by atoms with E-state index < -0.39 is 33.6 Å². The summed E-state index contributed by atoms with van der Waals surface area (Å²) in [5.74, 6) is -6.70. The number of hydrogen-bond acceptors (Lipinski definition) is 3. The molecule has 0 spiro atoms. The number of hydrogen-bond donors (Lipinski definition) is 0. The van der Waals surface area contributed by atoms with Crippen LogP contribution in [-0.2, 0) is 10.1 Å². The van der Waals surface area contributed by atoms with Gasteiger partial charge in [0.2, 0.25) is 5.25 Å². The summed E-state index contributed by atoms with van der Waals surface area (Å²) in [6.45, 7) is 0. The van der Waals surface area contributed by atoms with E-state index >= 15 is 0 Å². The molecule has 0 amide bonds. The van der Waals surface area contributed by atoms with E-state index in [0.717, 1.165) is 0 Å². The Morgan fingerprint density at radius 3 is 1.25 bits per heavy atom. The lowest BCUT2D eigenvalue weighted by Crippen LogP contribution is -2.57. The predicted molar refractivity (Wildman–Crippen MR) is 30.5 cm³/mol. The van der Waals surface area contributed by atoms with Crippen LogP contribution in [0.1, 0.15) is 0 Å². The van der Waals surface area contributed by atoms with Crippen molar-refractivity contribution in [1.29, 1.82) is 0 Å². The Morgan fingerprint density at radius 1 is 0.875 bits per heavy atom. The monoisotopic (exact) mass is 281 g/mol. The molecule has 0 bridgehead atoms. The molecule has 1 unspecified atom stereocenters. The molecule has 98 valence electrons. The molecular formula is C4HF8O3S-. The minimum absolute atomic E-state index is 5.35. The van der Waals surface area contributed by atoms with E-state index in [1.807, 2.05) is 0 Å². The Labute approximate surface area is 82.8 Å². The van der Waals surface area contributed by atoms with Gasteiger partial charge in [-0.15, -0.1) is 0 Å². The summed E-state index contributed by atoms with van der Waals surface area (Å²) in [6.07, 6.45) is -13.3. The Morgan fingerprint density at radius 2 is 1.19 bits per heavy atom. The zero-order valence-electron chi connectivity index (χ0n) is 6.73. The second-order valence-electron chi connectivity index (χ2n) is 2.54. The summed E-state index contributed by atoms with van der Waals surface area (Å²) < 4.78 is 123. The topological polar surface area (TPSA) is 57.2 Å². The van der Waals surface area contributed by atoms with E-state index in [1.54, 1.807) is 0 Å². The first-order valence-corrected chi connectivity index (χ1v) is 4.55. The van der Waals surface area contributed by atoms with Crippen molar-refractivity contribution >= 4 is 10.1 Å². The highest BCUT2D eigenvalue weighted by molar-refractivity contribution is 7.86. The zero-order chi connectivity index (χ0) is 13.6. The average Bonchev–Trinajstić information content (AvgIpc) is 1.72. The molecule has 0 aromatic rings. The molecule has 0 aromatic heterocycles. The first-order valence-electron chi connectivity index (χ1n) is 3.07. The smallest absolute Gasteiger partial charge is 0.455 e. The standard InChI is InChI=1S/C4H2F8O3S/c5-2(6,4(10,11)12)1(3(7,8)9)16(13,14)15/h1H,(H,13,14,15)/p-1. The SMILES string of the molecule is O=S(=O)([O-])C(C(F)(F)F)C(F)(F)C(F)(F)F. The van der Waals surface area contributed by atoms with Crippen LogP contribution in [0.15, 0.2) is 0 Å². The van der Waals surface area contributed by atoms with Crippen molar-refractivity contribution in [3.05, 3.63) is 0 Å². The van der Waals surface area contributed by atoms with Gasteiger partial charge in [-0.3, -0.25) is 0 Å². The molecule has 3 nitrogen and oxygen atoms in total. The Balaban J connectivity index is 5.77. The number of rotatable bonds is 2. The van der Waals surface area contributed by atoms with Gasteiger partial charge in [0.25, 0.3) is 0 Å². The molecule has 0 aromatic carbocycles. The summed E-state index contributed by atoms with van der Waals surface area (Å²) >= 11 is 0. The molecule has 0 fully saturated rings. The van der Waals surface area contributed by atoms with E-state index in [0.29, 0.717) is 0 Å². The van der Waals surface area contributed by atoms with E-state index in [9.17, 15) is 48.1 Å². The van der Waals surface area contributed by atoms with Gasteiger partial charge in [-0.1, -0.05) is 0 Å². The molecule has 12 heteroatoms. The Hall–Kier alpha value is -0.650. The maximum Gasteiger partial charge on any atom is 0.455 e. The number of alkyl halides is 8. The summed E-state index contributed by atoms with van der Waals surface area (Å²) in [7, 11) is -6.91. The van der Waals surface area contributed by atoms with Crippen molar-refractivity contribution in [2.24, 2.45) is 0 Å². The van der Waals surface area contributed by atoms with E-state index in [-0.39, 0.29) is 0 Å². The molecule has 0 saturated carbocycles. The minimum atomic E-state index is -6.91. The van der Waals surface area contributed by atoms with Crippen molar-refractivity contribution in [3.63, 3.8) is 0 Å². The van der Waals surface area contributed by atoms with Gasteiger partial charge in [0.1, 0.15) is 10.1 Å². The van der Waals surface area contributed by atoms with Crippen molar-refractivity contribution in [2.45, 2.75) is 23.5 Å². The fourth-order valence-corrected chi connectivity index (χ4v) is 1.52. The van der Waals surface area contributed by atoms with Crippen LogP contribution in [0, 0.1) is 0 Å². The first-order chi connectivity index (χ1) is 6.62. The second kappa shape index (κ2) is 3.68. The van der Waals surface area contributed by atoms with Gasteiger partial charge in [-0.2, -0.15) is 35.1 Å². The van der Waals surface area contributed by atoms with Crippen LogP contribution in [0.2, 0.25) is 0 Å². The van der Waals surface area contributed by atoms with E-state index in [2.05, 4.69) is 0 Å². The summed E-state index contributed by atoms with van der Waals surface area (Å²) in [5, 5.41) is -5.35. The van der Waals surface area contributed by atoms with Crippen molar-refractivity contribution in [1.82, 2.24) is 0 Å². The van der Waals surface area contributed by atoms with Gasteiger partial charge in [-0.25, -0.2) is 8.42 Å². The average molecular weight is 281 g/mol. The fraction of sp³-hybridized carbons (Fsp3) is 1.00. The number of halogens is 8. The fourth-order valence-electron chi connectivity index (χ4n) is 0.699. The Kier molecular flexibility index (Phi) is 3.53. The largest absolute Gasteiger partial charge is 0.747 e. The highest BCUT2D eigenvalue weighted by atomic mass is 32.2. The molecule has 0 heterocycles. The highest BCUT2D eigenvalue weighted by Gasteiger charge is 2.72. The minimum Gasteiger partial charge on any atom is -0.747 e. The van der Waals surface area contributed by atoms with E-state index in [4.69, 9.17) is 0 Å². The molecular weight excluding hydrogens is 280 g/mol. The molecule has 0 N–H and O–H groups in total. The third-order valence-electron chi connectivity index (χ3n) is 1.29. The molecule has 0 saturated heterocycles. The normalized spacial score (nSPS) is 17.3. The molecule has 0 aliphatic heterocycles. The van der Waals surface area contributed by atoms with Crippen molar-refractivity contribution in [3.8, 4) is 0 Å². The van der Waals surface area contributed by atoms with E-state index in [1.165, 1.54) is 0 Å². The molecule has 0 aliphatic carbocycles. The lowest BCUT2D eigenvalue weighted by molar-refractivity contribution is -0.310. The Bertz CT molecular complexity index is 350. The molecule has 0 rings (SSSR count). The van der Waals surface area contributed by atoms with Crippen LogP contribution in [0.3, 0.4) is 0 Å². The van der Waals surface area contributed by atoms with Gasteiger partial charge >= 0.3 is 18.3 Å². The summed E-state index contributed by atoms with van der Waals surface area (Å²) in [4.78, 5) is 0. The third kappa shape index (κ3) is 2.93. The molecule has 16 heavy (non-hydrogen) atoms. The zero-order valence-corrected chi connectivity index (χ0v) is 7.55. The molecule has 0 aliphatic rings. The lowest BCUT2D eigenvalue weighted by Gasteiger charge is -2.31. The van der Waals surface area contributed by atoms with Crippen molar-refractivity contribution < 1.29 is 48.1 Å². The predicted octanol–water partition coefficient (Wildman–Crippen LogP) is 1.66. The van der Waals surface area contributed by atoms with Gasteiger partial charge < -0.3 is 4.55 Å². The third-order valence-corrected chi connectivity index (χ3v) is 2.43. The van der Waals surface area contributed by atoms with Crippen LogP contribution in [0.4, 0.5) is 35.1 Å². The maximum atomic E-state index is 12.2. The maximum absolute atomic E-state index is 12.2. The van der Waals surface area contributed by atoms with Gasteiger partial charge in [0, 0.05) is 0 Å². The second-order valence-corrected chi connectivity index (χ2v) is 3.99. The molecule has 0 radical (unpaired) electrons. The van der Waals surface area contributed by atoms with Crippen LogP contribution in [-0.4, -0.2) is 36.5 Å². The molecule has 1 atom stereocenters. The van der Waals surface area contributed by atoms with Crippen LogP contribution >= 0.6 is 0 Å². The van der Waals surface area contributed by atoms with Crippen LogP contribution < -0.4 is 0 Å². The summed E-state index contributed by atoms with van der Waals surface area (Å²) in [6, 6.07) is 0. The van der Waals surface area contributed by atoms with Gasteiger partial charge in [-0.05, 0) is 0 Å². The lowest BCUT2D eigenvalue weighted by atomic mass is 10.2. The summed E-state index contributed by atoms with van der Waals surface area (Å²) in [5.41, 5.74) is 0. The van der Waals surface area contributed by atoms with Gasteiger partial charge in [0.15, 0.2) is 0 Å². The van der Waals surface area contributed by atoms with Crippen LogP contribution in [0.25, 0.3) is 0 Å².